The second-order valence-corrected chi connectivity index (χ2v) is 13.2. The monoisotopic (exact) mass is 669 g/mol. The number of allylic oxidation sites excluding steroid dienone is 6. The molecule has 0 unspecified atom stereocenters. The molecule has 1 amide bonds. The van der Waals surface area contributed by atoms with E-state index in [-0.39, 0.29) is 16.2 Å². The van der Waals surface area contributed by atoms with E-state index in [1.54, 1.807) is 6.07 Å². The number of hydrogen-bond acceptors (Lipinski definition) is 8. The van der Waals surface area contributed by atoms with Gasteiger partial charge < -0.3 is 20.0 Å². The van der Waals surface area contributed by atoms with E-state index >= 15 is 0 Å². The first-order chi connectivity index (χ1) is 22.3. The highest BCUT2D eigenvalue weighted by Gasteiger charge is 2.44. The molecule has 0 radical (unpaired) electrons. The van der Waals surface area contributed by atoms with Crippen molar-refractivity contribution < 1.29 is 37.0 Å². The van der Waals surface area contributed by atoms with Crippen LogP contribution < -0.4 is 16.6 Å². The molecule has 11 nitrogen and oxygen atoms in total. The predicted molar refractivity (Wildman–Crippen MR) is 186 cm³/mol. The molecule has 0 fully saturated rings. The molecule has 0 saturated heterocycles. The summed E-state index contributed by atoms with van der Waals surface area (Å²) in [6.07, 6.45) is 13.3. The molecule has 12 heteroatoms. The average Bonchev–Trinajstić information content (AvgIpc) is 3.43. The Balaban J connectivity index is 0.00000174. The van der Waals surface area contributed by atoms with Gasteiger partial charge >= 0.3 is 0 Å². The first kappa shape index (κ1) is 40.8. The van der Waals surface area contributed by atoms with Gasteiger partial charge in [0.1, 0.15) is 20.1 Å². The quantitative estimate of drug-likeness (QED) is 0.0452. The fourth-order valence-corrected chi connectivity index (χ4v) is 6.21. The lowest BCUT2D eigenvalue weighted by atomic mass is 9.81. The molecular formula is C35H49N4O7S+. The predicted octanol–water partition coefficient (Wildman–Crippen LogP) is 4.81. The zero-order valence-electron chi connectivity index (χ0n) is 28.2. The molecule has 2 heterocycles. The lowest BCUT2D eigenvalue weighted by molar-refractivity contribution is -0.438. The first-order valence-electron chi connectivity index (χ1n) is 15.0. The van der Waals surface area contributed by atoms with Crippen LogP contribution in [-0.4, -0.2) is 61.5 Å². The Hall–Kier alpha value is -4.23. The van der Waals surface area contributed by atoms with Crippen molar-refractivity contribution in [2.45, 2.75) is 76.0 Å². The van der Waals surface area contributed by atoms with Gasteiger partial charge in [0, 0.05) is 54.5 Å². The number of aliphatic hydroxyl groups is 1. The van der Waals surface area contributed by atoms with Gasteiger partial charge in [-0.1, -0.05) is 43.7 Å². The van der Waals surface area contributed by atoms with Crippen molar-refractivity contribution in [3.05, 3.63) is 89.2 Å². The molecule has 2 aromatic rings. The van der Waals surface area contributed by atoms with E-state index in [2.05, 4.69) is 66.4 Å². The van der Waals surface area contributed by atoms with E-state index in [9.17, 15) is 17.8 Å². The highest BCUT2D eigenvalue weighted by atomic mass is 32.2. The van der Waals surface area contributed by atoms with Gasteiger partial charge in [0.15, 0.2) is 5.71 Å². The number of nitrogens with zero attached hydrogens (tertiary/aromatic N) is 1. The summed E-state index contributed by atoms with van der Waals surface area (Å²) < 4.78 is 35.1. The molecule has 256 valence electrons. The maximum Gasteiger partial charge on any atom is 0.294 e. The summed E-state index contributed by atoms with van der Waals surface area (Å²) >= 11 is 0. The number of carbonyl (C=O) groups excluding carboxylic acids is 3. The van der Waals surface area contributed by atoms with Crippen LogP contribution in [0.4, 0.5) is 11.4 Å². The molecule has 47 heavy (non-hydrogen) atoms. The van der Waals surface area contributed by atoms with Crippen molar-refractivity contribution in [2.24, 2.45) is 5.84 Å². The SMILES string of the molecule is C=O.C=O.CO.Cc1ccc2c(c1)C(C)(C)C(/C=C/C=C/C=C1/Nc3ccc(S(=O)(=O)O)cc3C1(C)C)=[N+]2CCCCCC(=O)NN. The molecule has 2 aromatic carbocycles. The third kappa shape index (κ3) is 9.88. The van der Waals surface area contributed by atoms with Gasteiger partial charge in [0.2, 0.25) is 11.6 Å². The Bertz CT molecular complexity index is 1620. The van der Waals surface area contributed by atoms with Crippen molar-refractivity contribution in [1.82, 2.24) is 5.43 Å². The van der Waals surface area contributed by atoms with Gasteiger partial charge in [0.05, 0.1) is 10.3 Å². The number of amides is 1. The van der Waals surface area contributed by atoms with Crippen LogP contribution in [0.2, 0.25) is 0 Å². The van der Waals surface area contributed by atoms with Crippen molar-refractivity contribution in [3.63, 3.8) is 0 Å². The highest BCUT2D eigenvalue weighted by Crippen LogP contribution is 2.44. The number of hydrazine groups is 1. The maximum atomic E-state index is 11.6. The number of rotatable bonds is 10. The number of anilines is 1. The van der Waals surface area contributed by atoms with Crippen LogP contribution in [-0.2, 0) is 35.3 Å². The van der Waals surface area contributed by atoms with Gasteiger partial charge in [-0.2, -0.15) is 13.0 Å². The van der Waals surface area contributed by atoms with Gasteiger partial charge in [-0.3, -0.25) is 14.8 Å². The third-order valence-electron chi connectivity index (χ3n) is 8.14. The minimum absolute atomic E-state index is 0.108. The number of carbonyl (C=O) groups is 3. The van der Waals surface area contributed by atoms with Crippen molar-refractivity contribution in [1.29, 1.82) is 0 Å². The molecule has 0 aliphatic carbocycles. The molecule has 0 atom stereocenters. The number of benzene rings is 2. The van der Waals surface area contributed by atoms with Crippen LogP contribution in [0, 0.1) is 6.92 Å². The van der Waals surface area contributed by atoms with Crippen LogP contribution >= 0.6 is 0 Å². The van der Waals surface area contributed by atoms with E-state index in [4.69, 9.17) is 20.5 Å². The zero-order valence-corrected chi connectivity index (χ0v) is 29.0. The lowest BCUT2D eigenvalue weighted by Gasteiger charge is -2.20. The Labute approximate surface area is 278 Å². The standard InChI is InChI=1S/C32H40N4O4S.CH4O.2CH2O/c1-22-15-18-27-25(20-22)32(4,5)29(36(27)19-11-7-10-14-30(37)35-33)13-9-6-8-12-28-31(2,3)24-21-23(41(38,39)40)16-17-26(24)34-28;3*1-2/h6,8-9,12-13,15-18,20-21H,7,10-11,14,19,33H2,1-5H3,(H2,35,37,38,39,40);2H,1H3;2*1H2/p+1. The zero-order chi connectivity index (χ0) is 36.0. The van der Waals surface area contributed by atoms with Gasteiger partial charge in [-0.25, -0.2) is 5.84 Å². The summed E-state index contributed by atoms with van der Waals surface area (Å²) in [5.41, 5.74) is 9.15. The summed E-state index contributed by atoms with van der Waals surface area (Å²) in [5, 5.41) is 10.4. The number of unbranched alkanes of at least 4 members (excludes halogenated alkanes) is 2. The van der Waals surface area contributed by atoms with Crippen molar-refractivity contribution in [2.75, 3.05) is 19.0 Å². The summed E-state index contributed by atoms with van der Waals surface area (Å²) in [6.45, 7) is 15.5. The third-order valence-corrected chi connectivity index (χ3v) is 8.99. The van der Waals surface area contributed by atoms with E-state index in [1.165, 1.54) is 34.7 Å². The Morgan fingerprint density at radius 2 is 1.60 bits per heavy atom. The number of nitrogens with one attached hydrogen (secondary N) is 2. The highest BCUT2D eigenvalue weighted by molar-refractivity contribution is 7.85. The number of hydrogen-bond donors (Lipinski definition) is 5. The van der Waals surface area contributed by atoms with E-state index < -0.39 is 15.5 Å². The van der Waals surface area contributed by atoms with Crippen LogP contribution in [0.1, 0.15) is 70.1 Å². The smallest absolute Gasteiger partial charge is 0.294 e. The Morgan fingerprint density at radius 3 is 2.21 bits per heavy atom. The molecule has 0 spiro atoms. The molecule has 2 aliphatic heterocycles. The lowest BCUT2D eigenvalue weighted by Crippen LogP contribution is -2.29. The van der Waals surface area contributed by atoms with Gasteiger partial charge in [0.25, 0.3) is 10.1 Å². The number of aryl methyl sites for hydroxylation is 1. The molecular weight excluding hydrogens is 620 g/mol. The van der Waals surface area contributed by atoms with Crippen LogP contribution in [0.3, 0.4) is 0 Å². The second kappa shape index (κ2) is 18.2. The minimum Gasteiger partial charge on any atom is -0.400 e. The number of aliphatic hydroxyl groups excluding tert-OH is 1. The van der Waals surface area contributed by atoms with Crippen molar-refractivity contribution in [3.8, 4) is 0 Å². The second-order valence-electron chi connectivity index (χ2n) is 11.8. The van der Waals surface area contributed by atoms with Crippen LogP contribution in [0.25, 0.3) is 0 Å². The molecule has 0 saturated carbocycles. The summed E-state index contributed by atoms with van der Waals surface area (Å²) in [7, 11) is -3.27. The summed E-state index contributed by atoms with van der Waals surface area (Å²) in [5.74, 6) is 5.06. The van der Waals surface area contributed by atoms with E-state index in [0.717, 1.165) is 49.9 Å². The Morgan fingerprint density at radius 1 is 0.936 bits per heavy atom. The molecule has 4 rings (SSSR count). The largest absolute Gasteiger partial charge is 0.400 e. The Kier molecular flexibility index (Phi) is 15.8. The van der Waals surface area contributed by atoms with Gasteiger partial charge in [-0.15, -0.1) is 0 Å². The minimum atomic E-state index is -4.27. The van der Waals surface area contributed by atoms with E-state index in [1.807, 2.05) is 45.7 Å². The number of nitrogens with two attached hydrogens (primary N) is 1. The normalized spacial score (nSPS) is 16.2. The first-order valence-corrected chi connectivity index (χ1v) is 16.4. The van der Waals surface area contributed by atoms with Crippen LogP contribution in [0.15, 0.2) is 77.4 Å². The fraction of sp³-hybridized carbons (Fsp3) is 0.371. The van der Waals surface area contributed by atoms with Crippen LogP contribution in [0.5, 0.6) is 0 Å². The van der Waals surface area contributed by atoms with Gasteiger partial charge in [-0.05, 0) is 69.5 Å². The van der Waals surface area contributed by atoms with E-state index in [0.29, 0.717) is 6.42 Å². The topological polar surface area (TPSA) is 179 Å². The molecule has 0 aromatic heterocycles. The average molecular weight is 670 g/mol. The summed E-state index contributed by atoms with van der Waals surface area (Å²) in [4.78, 5) is 27.3. The molecule has 6 N–H and O–H groups in total. The fourth-order valence-electron chi connectivity index (χ4n) is 5.70. The maximum absolute atomic E-state index is 11.6. The summed E-state index contributed by atoms with van der Waals surface area (Å²) in [6, 6.07) is 11.2. The number of fused-ring (bicyclic) bond motifs is 2. The molecule has 0 bridgehead atoms. The van der Waals surface area contributed by atoms with Crippen molar-refractivity contribution >= 4 is 46.7 Å². The molecule has 2 aliphatic rings.